The number of nitrogens with one attached hydrogen (secondary N) is 1. The number of methoxy groups -OCH3 is 2. The molecular weight excluding hydrogens is 467 g/mol. The molecule has 0 radical (unpaired) electrons. The van der Waals surface area contributed by atoms with Gasteiger partial charge in [-0.3, -0.25) is 4.79 Å². The molecule has 0 spiro atoms. The van der Waals surface area contributed by atoms with E-state index in [2.05, 4.69) is 15.5 Å². The number of hydrogen-bond donors (Lipinski definition) is 1. The van der Waals surface area contributed by atoms with E-state index in [-0.39, 0.29) is 16.5 Å². The maximum Gasteiger partial charge on any atom is 0.416 e. The van der Waals surface area contributed by atoms with Gasteiger partial charge in [-0.2, -0.15) is 13.2 Å². The molecule has 1 amide bonds. The molecule has 0 aliphatic heterocycles. The number of rotatable bonds is 7. The van der Waals surface area contributed by atoms with Crippen molar-refractivity contribution in [1.29, 1.82) is 0 Å². The largest absolute Gasteiger partial charge is 0.497 e. The van der Waals surface area contributed by atoms with Gasteiger partial charge >= 0.3 is 6.18 Å². The van der Waals surface area contributed by atoms with Gasteiger partial charge in [0.2, 0.25) is 5.91 Å². The first kappa shape index (κ1) is 23.7. The molecule has 0 unspecified atom stereocenters. The summed E-state index contributed by atoms with van der Waals surface area (Å²) in [5.41, 5.74) is 0.267. The second-order valence-corrected chi connectivity index (χ2v) is 7.76. The van der Waals surface area contributed by atoms with Gasteiger partial charge in [0.15, 0.2) is 0 Å². The van der Waals surface area contributed by atoms with Gasteiger partial charge in [-0.1, -0.05) is 23.4 Å². The molecule has 0 bridgehead atoms. The molecule has 3 rings (SSSR count). The molecule has 0 saturated carbocycles. The van der Waals surface area contributed by atoms with Crippen LogP contribution in [0.5, 0.6) is 11.5 Å². The van der Waals surface area contributed by atoms with Crippen LogP contribution >= 0.6 is 23.4 Å². The second-order valence-electron chi connectivity index (χ2n) is 6.35. The number of carbonyl (C=O) groups is 1. The fraction of sp³-hybridized carbons (Fsp3) is 0.190. The fourth-order valence-electron chi connectivity index (χ4n) is 2.67. The minimum Gasteiger partial charge on any atom is -0.497 e. The van der Waals surface area contributed by atoms with Crippen molar-refractivity contribution in [2.75, 3.05) is 25.3 Å². The zero-order valence-corrected chi connectivity index (χ0v) is 18.4. The van der Waals surface area contributed by atoms with Crippen LogP contribution in [0.1, 0.15) is 5.56 Å². The quantitative estimate of drug-likeness (QED) is 0.443. The lowest BCUT2D eigenvalue weighted by molar-refractivity contribution is -0.137. The van der Waals surface area contributed by atoms with E-state index in [1.807, 2.05) is 0 Å². The van der Waals surface area contributed by atoms with Gasteiger partial charge in [0.25, 0.3) is 0 Å². The van der Waals surface area contributed by atoms with Crippen LogP contribution in [-0.2, 0) is 11.0 Å². The first-order chi connectivity index (χ1) is 15.2. The fourth-order valence-corrected chi connectivity index (χ4v) is 3.45. The van der Waals surface area contributed by atoms with Crippen LogP contribution < -0.4 is 14.8 Å². The summed E-state index contributed by atoms with van der Waals surface area (Å²) in [6.45, 7) is 0. The van der Waals surface area contributed by atoms with E-state index in [0.717, 1.165) is 30.0 Å². The van der Waals surface area contributed by atoms with Crippen molar-refractivity contribution in [2.45, 2.75) is 11.2 Å². The third-order valence-electron chi connectivity index (χ3n) is 4.24. The summed E-state index contributed by atoms with van der Waals surface area (Å²) in [7, 11) is 3.09. The number of anilines is 1. The Bertz CT molecular complexity index is 1110. The molecule has 11 heteroatoms. The zero-order valence-electron chi connectivity index (χ0n) is 16.9. The van der Waals surface area contributed by atoms with Crippen LogP contribution in [0.15, 0.2) is 53.6 Å². The van der Waals surface area contributed by atoms with E-state index >= 15 is 0 Å². The molecule has 6 nitrogen and oxygen atoms in total. The predicted octanol–water partition coefficient (Wildman–Crippen LogP) is 5.56. The molecule has 0 atom stereocenters. The summed E-state index contributed by atoms with van der Waals surface area (Å²) in [4.78, 5) is 12.2. The summed E-state index contributed by atoms with van der Waals surface area (Å²) in [5.74, 6) is 0.583. The average Bonchev–Trinajstić information content (AvgIpc) is 2.78. The van der Waals surface area contributed by atoms with Gasteiger partial charge in [0.05, 0.1) is 41.9 Å². The zero-order chi connectivity index (χ0) is 23.3. The van der Waals surface area contributed by atoms with Crippen LogP contribution in [0.4, 0.5) is 18.9 Å². The summed E-state index contributed by atoms with van der Waals surface area (Å²) in [6, 6.07) is 11.4. The number of aromatic nitrogens is 2. The number of benzene rings is 2. The Hall–Kier alpha value is -2.98. The molecule has 32 heavy (non-hydrogen) atoms. The number of ether oxygens (including phenoxy) is 2. The highest BCUT2D eigenvalue weighted by Crippen LogP contribution is 2.34. The van der Waals surface area contributed by atoms with Crippen LogP contribution in [0, 0.1) is 0 Å². The maximum absolute atomic E-state index is 12.9. The molecular formula is C21H17ClF3N3O3S. The Morgan fingerprint density at radius 1 is 1.06 bits per heavy atom. The SMILES string of the molecule is COc1ccc(-c2ccc(SCC(=O)Nc3cc(C(F)(F)F)ccc3Cl)nn2)c(OC)c1. The Morgan fingerprint density at radius 2 is 1.84 bits per heavy atom. The minimum absolute atomic E-state index is 0.00827. The normalized spacial score (nSPS) is 11.2. The molecule has 2 aromatic carbocycles. The molecule has 1 heterocycles. The summed E-state index contributed by atoms with van der Waals surface area (Å²) in [6.07, 6.45) is -4.54. The van der Waals surface area contributed by atoms with Gasteiger partial charge in [-0.15, -0.1) is 10.2 Å². The van der Waals surface area contributed by atoms with Gasteiger partial charge in [-0.25, -0.2) is 0 Å². The number of hydrogen-bond acceptors (Lipinski definition) is 6. The molecule has 1 N–H and O–H groups in total. The Labute approximate surface area is 191 Å². The van der Waals surface area contributed by atoms with E-state index in [9.17, 15) is 18.0 Å². The first-order valence-corrected chi connectivity index (χ1v) is 10.4. The van der Waals surface area contributed by atoms with Gasteiger partial charge in [-0.05, 0) is 42.5 Å². The van der Waals surface area contributed by atoms with Crippen molar-refractivity contribution in [3.63, 3.8) is 0 Å². The Balaban J connectivity index is 1.64. The molecule has 1 aromatic heterocycles. The molecule has 3 aromatic rings. The lowest BCUT2D eigenvalue weighted by Crippen LogP contribution is -2.15. The van der Waals surface area contributed by atoms with Crippen molar-refractivity contribution >= 4 is 35.0 Å². The highest BCUT2D eigenvalue weighted by molar-refractivity contribution is 7.99. The van der Waals surface area contributed by atoms with Crippen molar-refractivity contribution < 1.29 is 27.4 Å². The summed E-state index contributed by atoms with van der Waals surface area (Å²) >= 11 is 6.98. The number of halogens is 4. The lowest BCUT2D eigenvalue weighted by Gasteiger charge is -2.11. The van der Waals surface area contributed by atoms with Crippen molar-refractivity contribution in [3.8, 4) is 22.8 Å². The summed E-state index contributed by atoms with van der Waals surface area (Å²) in [5, 5.41) is 11.1. The molecule has 0 aliphatic carbocycles. The number of amides is 1. The number of thioether (sulfide) groups is 1. The Kier molecular flexibility index (Phi) is 7.47. The first-order valence-electron chi connectivity index (χ1n) is 9.07. The minimum atomic E-state index is -4.54. The van der Waals surface area contributed by atoms with Gasteiger partial charge < -0.3 is 14.8 Å². The van der Waals surface area contributed by atoms with E-state index < -0.39 is 17.6 Å². The topological polar surface area (TPSA) is 73.3 Å². The van der Waals surface area contributed by atoms with E-state index in [0.29, 0.717) is 27.8 Å². The molecule has 0 saturated heterocycles. The Morgan fingerprint density at radius 3 is 2.47 bits per heavy atom. The highest BCUT2D eigenvalue weighted by atomic mass is 35.5. The van der Waals surface area contributed by atoms with Crippen molar-refractivity contribution in [3.05, 3.63) is 59.1 Å². The monoisotopic (exact) mass is 483 g/mol. The summed E-state index contributed by atoms with van der Waals surface area (Å²) < 4.78 is 49.1. The maximum atomic E-state index is 12.9. The lowest BCUT2D eigenvalue weighted by atomic mass is 10.1. The number of carbonyl (C=O) groups excluding carboxylic acids is 1. The van der Waals surface area contributed by atoms with Crippen molar-refractivity contribution in [1.82, 2.24) is 10.2 Å². The van der Waals surface area contributed by atoms with Crippen LogP contribution in [0.2, 0.25) is 5.02 Å². The molecule has 0 fully saturated rings. The predicted molar refractivity (Wildman–Crippen MR) is 116 cm³/mol. The average molecular weight is 484 g/mol. The van der Waals surface area contributed by atoms with Gasteiger partial charge in [0.1, 0.15) is 16.5 Å². The van der Waals surface area contributed by atoms with E-state index in [4.69, 9.17) is 21.1 Å². The standard InChI is InChI=1S/C21H17ClF3N3O3S/c1-30-13-4-5-14(18(10-13)31-2)16-7-8-20(28-27-16)32-11-19(29)26-17-9-12(21(23,24)25)3-6-15(17)22/h3-10H,11H2,1-2H3,(H,26,29). The molecule has 168 valence electrons. The third-order valence-corrected chi connectivity index (χ3v) is 5.49. The van der Waals surface area contributed by atoms with Crippen molar-refractivity contribution in [2.24, 2.45) is 0 Å². The van der Waals surface area contributed by atoms with Crippen LogP contribution in [-0.4, -0.2) is 36.1 Å². The van der Waals surface area contributed by atoms with Gasteiger partial charge in [0, 0.05) is 11.6 Å². The van der Waals surface area contributed by atoms with E-state index in [1.54, 1.807) is 37.4 Å². The van der Waals surface area contributed by atoms with Crippen LogP contribution in [0.25, 0.3) is 11.3 Å². The number of nitrogens with zero attached hydrogens (tertiary/aromatic N) is 2. The highest BCUT2D eigenvalue weighted by Gasteiger charge is 2.31. The third kappa shape index (κ3) is 5.83. The molecule has 0 aliphatic rings. The van der Waals surface area contributed by atoms with Crippen LogP contribution in [0.3, 0.4) is 0 Å². The number of alkyl halides is 3. The second kappa shape index (κ2) is 10.1. The van der Waals surface area contributed by atoms with E-state index in [1.165, 1.54) is 7.11 Å². The smallest absolute Gasteiger partial charge is 0.416 e.